The van der Waals surface area contributed by atoms with Gasteiger partial charge in [0.1, 0.15) is 0 Å². The SMILES string of the molecule is Cn1ncc(Br)c1CNC(=S)Nc1ccn(Cc2c(Cl)cccc2Cl)n1. The topological polar surface area (TPSA) is 59.7 Å². The van der Waals surface area contributed by atoms with Crippen molar-refractivity contribution in [1.82, 2.24) is 24.9 Å². The number of anilines is 1. The van der Waals surface area contributed by atoms with Crippen LogP contribution in [-0.4, -0.2) is 24.7 Å². The molecule has 0 unspecified atom stereocenters. The molecular weight excluding hydrogens is 459 g/mol. The second kappa shape index (κ2) is 8.39. The first-order valence-corrected chi connectivity index (χ1v) is 9.57. The van der Waals surface area contributed by atoms with Gasteiger partial charge < -0.3 is 10.6 Å². The van der Waals surface area contributed by atoms with E-state index in [1.54, 1.807) is 27.7 Å². The molecule has 136 valence electrons. The highest BCUT2D eigenvalue weighted by Gasteiger charge is 2.09. The third-order valence-electron chi connectivity index (χ3n) is 3.69. The molecule has 0 radical (unpaired) electrons. The Hall–Kier alpha value is -1.61. The Balaban J connectivity index is 1.59. The molecule has 2 N–H and O–H groups in total. The average molecular weight is 474 g/mol. The number of aryl methyl sites for hydroxylation is 1. The molecule has 0 saturated heterocycles. The number of halogens is 3. The lowest BCUT2D eigenvalue weighted by Crippen LogP contribution is -2.29. The number of aromatic nitrogens is 4. The maximum Gasteiger partial charge on any atom is 0.172 e. The Morgan fingerprint density at radius 1 is 1.27 bits per heavy atom. The minimum Gasteiger partial charge on any atom is -0.357 e. The molecule has 3 rings (SSSR count). The zero-order valence-corrected chi connectivity index (χ0v) is 17.6. The Morgan fingerprint density at radius 3 is 2.65 bits per heavy atom. The van der Waals surface area contributed by atoms with E-state index < -0.39 is 0 Å². The van der Waals surface area contributed by atoms with Crippen molar-refractivity contribution in [2.24, 2.45) is 7.05 Å². The fourth-order valence-corrected chi connectivity index (χ4v) is 3.50. The molecule has 6 nitrogen and oxygen atoms in total. The molecular formula is C16H15BrCl2N6S. The molecule has 0 bridgehead atoms. The number of benzene rings is 1. The lowest BCUT2D eigenvalue weighted by molar-refractivity contribution is 0.688. The van der Waals surface area contributed by atoms with Gasteiger partial charge in [-0.05, 0) is 40.3 Å². The molecule has 0 spiro atoms. The Labute approximate surface area is 174 Å². The van der Waals surface area contributed by atoms with Crippen LogP contribution in [0.25, 0.3) is 0 Å². The van der Waals surface area contributed by atoms with Gasteiger partial charge in [0.2, 0.25) is 0 Å². The summed E-state index contributed by atoms with van der Waals surface area (Å²) in [6, 6.07) is 7.26. The van der Waals surface area contributed by atoms with E-state index in [2.05, 4.69) is 36.8 Å². The Kier molecular flexibility index (Phi) is 6.18. The standard InChI is InChI=1S/C16H15BrCl2N6S/c1-24-14(11(17)7-21-24)8-20-16(26)22-15-5-6-25(23-15)9-10-12(18)3-2-4-13(10)19/h2-7H,8-9H2,1H3,(H2,20,22,23,26). The summed E-state index contributed by atoms with van der Waals surface area (Å²) < 4.78 is 4.45. The maximum atomic E-state index is 6.20. The van der Waals surface area contributed by atoms with Gasteiger partial charge in [-0.2, -0.15) is 10.2 Å². The number of nitrogens with one attached hydrogen (secondary N) is 2. The second-order valence-electron chi connectivity index (χ2n) is 5.47. The van der Waals surface area contributed by atoms with Crippen LogP contribution in [0, 0.1) is 0 Å². The first kappa shape index (κ1) is 19.2. The van der Waals surface area contributed by atoms with Crippen molar-refractivity contribution in [3.63, 3.8) is 0 Å². The van der Waals surface area contributed by atoms with E-state index in [0.29, 0.717) is 34.1 Å². The van der Waals surface area contributed by atoms with Crippen LogP contribution in [0.4, 0.5) is 5.82 Å². The van der Waals surface area contributed by atoms with Crippen molar-refractivity contribution in [1.29, 1.82) is 0 Å². The summed E-state index contributed by atoms with van der Waals surface area (Å²) in [7, 11) is 1.87. The van der Waals surface area contributed by atoms with E-state index in [0.717, 1.165) is 15.7 Å². The molecule has 0 atom stereocenters. The normalized spacial score (nSPS) is 10.8. The van der Waals surface area contributed by atoms with Gasteiger partial charge in [-0.3, -0.25) is 9.36 Å². The van der Waals surface area contributed by atoms with Crippen molar-refractivity contribution in [2.75, 3.05) is 5.32 Å². The summed E-state index contributed by atoms with van der Waals surface area (Å²) in [6.45, 7) is 1.02. The molecule has 0 fully saturated rings. The molecule has 0 aliphatic carbocycles. The molecule has 0 aliphatic rings. The smallest absolute Gasteiger partial charge is 0.172 e. The fraction of sp³-hybridized carbons (Fsp3) is 0.188. The molecule has 2 heterocycles. The third-order valence-corrected chi connectivity index (χ3v) is 5.31. The van der Waals surface area contributed by atoms with Crippen LogP contribution in [0.2, 0.25) is 10.0 Å². The lowest BCUT2D eigenvalue weighted by atomic mass is 10.2. The predicted molar refractivity (Wildman–Crippen MR) is 112 cm³/mol. The van der Waals surface area contributed by atoms with Crippen molar-refractivity contribution in [3.05, 3.63) is 62.4 Å². The van der Waals surface area contributed by atoms with Crippen molar-refractivity contribution in [3.8, 4) is 0 Å². The highest BCUT2D eigenvalue weighted by molar-refractivity contribution is 9.10. The summed E-state index contributed by atoms with van der Waals surface area (Å²) >= 11 is 21.2. The van der Waals surface area contributed by atoms with Gasteiger partial charge in [0.05, 0.1) is 29.5 Å². The third kappa shape index (κ3) is 4.56. The van der Waals surface area contributed by atoms with Crippen molar-refractivity contribution in [2.45, 2.75) is 13.1 Å². The number of hydrogen-bond acceptors (Lipinski definition) is 3. The molecule has 0 amide bonds. The van der Waals surface area contributed by atoms with E-state index in [-0.39, 0.29) is 0 Å². The number of thiocarbonyl (C=S) groups is 1. The molecule has 26 heavy (non-hydrogen) atoms. The number of hydrogen-bond donors (Lipinski definition) is 2. The molecule has 3 aromatic rings. The van der Waals surface area contributed by atoms with Crippen molar-refractivity contribution < 1.29 is 0 Å². The van der Waals surface area contributed by atoms with E-state index >= 15 is 0 Å². The minimum atomic E-state index is 0.471. The van der Waals surface area contributed by atoms with Gasteiger partial charge in [-0.25, -0.2) is 0 Å². The van der Waals surface area contributed by atoms with Gasteiger partial charge in [0.25, 0.3) is 0 Å². The van der Waals surface area contributed by atoms with E-state index in [1.165, 1.54) is 0 Å². The molecule has 10 heteroatoms. The highest BCUT2D eigenvalue weighted by Crippen LogP contribution is 2.25. The first-order chi connectivity index (χ1) is 12.4. The van der Waals surface area contributed by atoms with E-state index in [4.69, 9.17) is 35.4 Å². The van der Waals surface area contributed by atoms with Gasteiger partial charge >= 0.3 is 0 Å². The van der Waals surface area contributed by atoms with Crippen molar-refractivity contribution >= 4 is 62.3 Å². The fourth-order valence-electron chi connectivity index (χ4n) is 2.32. The summed E-state index contributed by atoms with van der Waals surface area (Å²) in [5.41, 5.74) is 1.82. The summed E-state index contributed by atoms with van der Waals surface area (Å²) in [4.78, 5) is 0. The number of rotatable bonds is 5. The predicted octanol–water partition coefficient (Wildman–Crippen LogP) is 4.22. The van der Waals surface area contributed by atoms with Crippen LogP contribution in [0.15, 0.2) is 41.1 Å². The summed E-state index contributed by atoms with van der Waals surface area (Å²) in [5, 5.41) is 16.5. The Bertz CT molecular complexity index is 899. The van der Waals surface area contributed by atoms with Crippen LogP contribution < -0.4 is 10.6 Å². The van der Waals surface area contributed by atoms with Gasteiger partial charge in [-0.15, -0.1) is 0 Å². The second-order valence-corrected chi connectivity index (χ2v) is 7.55. The number of nitrogens with zero attached hydrogens (tertiary/aromatic N) is 4. The summed E-state index contributed by atoms with van der Waals surface area (Å²) in [5.74, 6) is 0.634. The molecule has 1 aromatic carbocycles. The highest BCUT2D eigenvalue weighted by atomic mass is 79.9. The minimum absolute atomic E-state index is 0.471. The molecule has 2 aromatic heterocycles. The average Bonchev–Trinajstić information content (AvgIpc) is 3.16. The molecule has 0 saturated carbocycles. The van der Waals surface area contributed by atoms with Crippen LogP contribution in [0.5, 0.6) is 0 Å². The molecule has 0 aliphatic heterocycles. The van der Waals surface area contributed by atoms with Crippen LogP contribution in [-0.2, 0) is 20.1 Å². The summed E-state index contributed by atoms with van der Waals surface area (Å²) in [6.07, 6.45) is 3.58. The van der Waals surface area contributed by atoms with E-state index in [9.17, 15) is 0 Å². The van der Waals surface area contributed by atoms with Gasteiger partial charge in [0, 0.05) is 34.9 Å². The zero-order chi connectivity index (χ0) is 18.7. The van der Waals surface area contributed by atoms with Crippen LogP contribution in [0.3, 0.4) is 0 Å². The Morgan fingerprint density at radius 2 is 2.00 bits per heavy atom. The monoisotopic (exact) mass is 472 g/mol. The quantitative estimate of drug-likeness (QED) is 0.543. The van der Waals surface area contributed by atoms with Crippen LogP contribution in [0.1, 0.15) is 11.3 Å². The maximum absolute atomic E-state index is 6.20. The zero-order valence-electron chi connectivity index (χ0n) is 13.7. The first-order valence-electron chi connectivity index (χ1n) is 7.61. The largest absolute Gasteiger partial charge is 0.357 e. The van der Waals surface area contributed by atoms with Gasteiger partial charge in [-0.1, -0.05) is 29.3 Å². The van der Waals surface area contributed by atoms with E-state index in [1.807, 2.05) is 25.4 Å². The van der Waals surface area contributed by atoms with Gasteiger partial charge in [0.15, 0.2) is 10.9 Å². The van der Waals surface area contributed by atoms with Crippen LogP contribution >= 0.6 is 51.3 Å². The lowest BCUT2D eigenvalue weighted by Gasteiger charge is -2.09.